The summed E-state index contributed by atoms with van der Waals surface area (Å²) in [6, 6.07) is 0.853. The van der Waals surface area contributed by atoms with Gasteiger partial charge in [0.15, 0.2) is 6.39 Å². The van der Waals surface area contributed by atoms with Gasteiger partial charge in [-0.15, -0.1) is 0 Å². The van der Waals surface area contributed by atoms with E-state index in [2.05, 4.69) is 15.6 Å². The molecule has 0 bridgehead atoms. The Morgan fingerprint density at radius 3 is 2.53 bits per heavy atom. The molecule has 17 heavy (non-hydrogen) atoms. The van der Waals surface area contributed by atoms with Gasteiger partial charge in [0.2, 0.25) is 5.76 Å². The molecule has 0 saturated heterocycles. The molecule has 1 amide bonds. The Morgan fingerprint density at radius 1 is 1.35 bits per heavy atom. The lowest BCUT2D eigenvalue weighted by atomic mass is 9.91. The minimum Gasteiger partial charge on any atom is -0.438 e. The van der Waals surface area contributed by atoms with E-state index >= 15 is 0 Å². The molecular weight excluding hydrogens is 218 g/mol. The van der Waals surface area contributed by atoms with E-state index in [-0.39, 0.29) is 11.9 Å². The number of hydrogen-bond donors (Lipinski definition) is 2. The molecule has 1 saturated carbocycles. The second kappa shape index (κ2) is 5.31. The van der Waals surface area contributed by atoms with Crippen LogP contribution >= 0.6 is 0 Å². The summed E-state index contributed by atoms with van der Waals surface area (Å²) in [5, 5.41) is 6.28. The third-order valence-corrected chi connectivity index (χ3v) is 3.42. The van der Waals surface area contributed by atoms with Crippen molar-refractivity contribution in [2.45, 2.75) is 44.7 Å². The molecule has 0 atom stereocenters. The van der Waals surface area contributed by atoms with E-state index in [0.29, 0.717) is 17.5 Å². The summed E-state index contributed by atoms with van der Waals surface area (Å²) in [4.78, 5) is 15.8. The van der Waals surface area contributed by atoms with Gasteiger partial charge in [-0.2, -0.15) is 0 Å². The van der Waals surface area contributed by atoms with Gasteiger partial charge < -0.3 is 15.1 Å². The molecular formula is C12H19N3O2. The standard InChI is InChI=1S/C12H19N3O2/c1-8-11(17-7-14-8)12(16)15-10-5-3-9(13-2)4-6-10/h7,9-10,13H,3-6H2,1-2H3,(H,15,16). The largest absolute Gasteiger partial charge is 0.438 e. The summed E-state index contributed by atoms with van der Waals surface area (Å²) in [6.07, 6.45) is 5.56. The molecule has 1 heterocycles. The van der Waals surface area contributed by atoms with Crippen molar-refractivity contribution >= 4 is 5.91 Å². The number of aromatic nitrogens is 1. The van der Waals surface area contributed by atoms with Gasteiger partial charge in [0, 0.05) is 12.1 Å². The Hall–Kier alpha value is -1.36. The first kappa shape index (κ1) is 12.1. The van der Waals surface area contributed by atoms with Crippen LogP contribution in [0.4, 0.5) is 0 Å². The number of hydrogen-bond acceptors (Lipinski definition) is 4. The predicted octanol–water partition coefficient (Wildman–Crippen LogP) is 1.24. The van der Waals surface area contributed by atoms with Crippen molar-refractivity contribution in [3.05, 3.63) is 17.8 Å². The summed E-state index contributed by atoms with van der Waals surface area (Å²) in [7, 11) is 1.99. The Balaban J connectivity index is 1.86. The summed E-state index contributed by atoms with van der Waals surface area (Å²) >= 11 is 0. The van der Waals surface area contributed by atoms with E-state index in [9.17, 15) is 4.79 Å². The van der Waals surface area contributed by atoms with Crippen molar-refractivity contribution in [3.8, 4) is 0 Å². The lowest BCUT2D eigenvalue weighted by molar-refractivity contribution is 0.0895. The number of rotatable bonds is 3. The molecule has 5 heteroatoms. The average molecular weight is 237 g/mol. The zero-order valence-electron chi connectivity index (χ0n) is 10.3. The predicted molar refractivity (Wildman–Crippen MR) is 63.8 cm³/mol. The Bertz CT molecular complexity index is 381. The van der Waals surface area contributed by atoms with Crippen LogP contribution in [-0.2, 0) is 0 Å². The number of nitrogens with zero attached hydrogens (tertiary/aromatic N) is 1. The highest BCUT2D eigenvalue weighted by Crippen LogP contribution is 2.19. The molecule has 0 radical (unpaired) electrons. The summed E-state index contributed by atoms with van der Waals surface area (Å²) in [5.41, 5.74) is 0.645. The highest BCUT2D eigenvalue weighted by atomic mass is 16.3. The smallest absolute Gasteiger partial charge is 0.289 e. The molecule has 1 aromatic heterocycles. The number of aryl methyl sites for hydroxylation is 1. The van der Waals surface area contributed by atoms with E-state index in [4.69, 9.17) is 4.42 Å². The van der Waals surface area contributed by atoms with Gasteiger partial charge in [0.25, 0.3) is 5.91 Å². The van der Waals surface area contributed by atoms with Crippen molar-refractivity contribution in [2.24, 2.45) is 0 Å². The van der Waals surface area contributed by atoms with Gasteiger partial charge in [0.1, 0.15) is 0 Å². The second-order valence-corrected chi connectivity index (χ2v) is 4.58. The molecule has 1 aliphatic rings. The molecule has 0 aromatic carbocycles. The van der Waals surface area contributed by atoms with Crippen LogP contribution in [0.2, 0.25) is 0 Å². The van der Waals surface area contributed by atoms with Crippen LogP contribution in [0.3, 0.4) is 0 Å². The summed E-state index contributed by atoms with van der Waals surface area (Å²) in [5.74, 6) is 0.189. The maximum atomic E-state index is 11.9. The zero-order valence-corrected chi connectivity index (χ0v) is 10.3. The SMILES string of the molecule is CNC1CCC(NC(=O)c2ocnc2C)CC1. The maximum Gasteiger partial charge on any atom is 0.289 e. The monoisotopic (exact) mass is 237 g/mol. The van der Waals surface area contributed by atoms with Crippen LogP contribution in [-0.4, -0.2) is 30.0 Å². The lowest BCUT2D eigenvalue weighted by Crippen LogP contribution is -2.41. The molecule has 1 aliphatic carbocycles. The zero-order chi connectivity index (χ0) is 12.3. The number of oxazole rings is 1. The molecule has 1 fully saturated rings. The average Bonchev–Trinajstić information content (AvgIpc) is 2.76. The molecule has 0 aliphatic heterocycles. The third kappa shape index (κ3) is 2.85. The molecule has 2 rings (SSSR count). The molecule has 0 unspecified atom stereocenters. The second-order valence-electron chi connectivity index (χ2n) is 4.58. The number of carbonyl (C=O) groups is 1. The van der Waals surface area contributed by atoms with Gasteiger partial charge in [-0.1, -0.05) is 0 Å². The normalized spacial score (nSPS) is 24.6. The van der Waals surface area contributed by atoms with E-state index in [1.807, 2.05) is 7.05 Å². The molecule has 2 N–H and O–H groups in total. The minimum absolute atomic E-state index is 0.145. The van der Waals surface area contributed by atoms with Crippen molar-refractivity contribution < 1.29 is 9.21 Å². The number of nitrogens with one attached hydrogen (secondary N) is 2. The van der Waals surface area contributed by atoms with Gasteiger partial charge in [0.05, 0.1) is 5.69 Å². The van der Waals surface area contributed by atoms with Crippen LogP contribution in [0.15, 0.2) is 10.8 Å². The minimum atomic E-state index is -0.145. The van der Waals surface area contributed by atoms with Crippen molar-refractivity contribution in [2.75, 3.05) is 7.05 Å². The van der Waals surface area contributed by atoms with E-state index in [1.54, 1.807) is 6.92 Å². The highest BCUT2D eigenvalue weighted by Gasteiger charge is 2.23. The van der Waals surface area contributed by atoms with Crippen LogP contribution in [0.5, 0.6) is 0 Å². The van der Waals surface area contributed by atoms with Crippen LogP contribution in [0, 0.1) is 6.92 Å². The fourth-order valence-corrected chi connectivity index (χ4v) is 2.30. The van der Waals surface area contributed by atoms with Gasteiger partial charge >= 0.3 is 0 Å². The Labute approximate surface area is 101 Å². The highest BCUT2D eigenvalue weighted by molar-refractivity contribution is 5.92. The van der Waals surface area contributed by atoms with Gasteiger partial charge in [-0.05, 0) is 39.7 Å². The summed E-state index contributed by atoms with van der Waals surface area (Å²) < 4.78 is 5.07. The van der Waals surface area contributed by atoms with E-state index in [1.165, 1.54) is 6.39 Å². The van der Waals surface area contributed by atoms with Crippen molar-refractivity contribution in [1.82, 2.24) is 15.6 Å². The molecule has 5 nitrogen and oxygen atoms in total. The molecule has 1 aromatic rings. The van der Waals surface area contributed by atoms with Crippen molar-refractivity contribution in [3.63, 3.8) is 0 Å². The topological polar surface area (TPSA) is 67.2 Å². The van der Waals surface area contributed by atoms with Crippen LogP contribution < -0.4 is 10.6 Å². The third-order valence-electron chi connectivity index (χ3n) is 3.42. The Morgan fingerprint density at radius 2 is 2.00 bits per heavy atom. The van der Waals surface area contributed by atoms with E-state index < -0.39 is 0 Å². The van der Waals surface area contributed by atoms with E-state index in [0.717, 1.165) is 25.7 Å². The quantitative estimate of drug-likeness (QED) is 0.830. The lowest BCUT2D eigenvalue weighted by Gasteiger charge is -2.28. The Kier molecular flexibility index (Phi) is 3.78. The van der Waals surface area contributed by atoms with Crippen LogP contribution in [0.25, 0.3) is 0 Å². The first-order valence-electron chi connectivity index (χ1n) is 6.09. The van der Waals surface area contributed by atoms with Gasteiger partial charge in [-0.25, -0.2) is 4.98 Å². The maximum absolute atomic E-state index is 11.9. The molecule has 94 valence electrons. The fraction of sp³-hybridized carbons (Fsp3) is 0.667. The van der Waals surface area contributed by atoms with Crippen LogP contribution in [0.1, 0.15) is 41.9 Å². The van der Waals surface area contributed by atoms with Gasteiger partial charge in [-0.3, -0.25) is 4.79 Å². The first-order chi connectivity index (χ1) is 8.20. The number of carbonyl (C=O) groups excluding carboxylic acids is 1. The van der Waals surface area contributed by atoms with Crippen molar-refractivity contribution in [1.29, 1.82) is 0 Å². The molecule has 0 spiro atoms. The summed E-state index contributed by atoms with van der Waals surface area (Å²) in [6.45, 7) is 1.77. The fourth-order valence-electron chi connectivity index (χ4n) is 2.30. The first-order valence-corrected chi connectivity index (χ1v) is 6.09. The number of amides is 1.